The smallest absolute Gasteiger partial charge is 0.169 e. The van der Waals surface area contributed by atoms with Crippen LogP contribution >= 0.6 is 0 Å². The first-order chi connectivity index (χ1) is 10.9. The van der Waals surface area contributed by atoms with Crippen LogP contribution < -0.4 is 0 Å². The van der Waals surface area contributed by atoms with Gasteiger partial charge in [-0.05, 0) is 11.1 Å². The third kappa shape index (κ3) is 3.01. The second kappa shape index (κ2) is 5.83. The van der Waals surface area contributed by atoms with E-state index in [0.29, 0.717) is 0 Å². The van der Waals surface area contributed by atoms with Crippen molar-refractivity contribution in [3.63, 3.8) is 0 Å². The second-order valence-corrected chi connectivity index (χ2v) is 6.25. The number of rotatable bonds is 2. The maximum absolute atomic E-state index is 13.8. The van der Waals surface area contributed by atoms with Crippen LogP contribution in [0.25, 0.3) is 0 Å². The number of allylic oxidation sites excluding steroid dienone is 6. The van der Waals surface area contributed by atoms with Crippen molar-refractivity contribution in [3.8, 4) is 0 Å². The molecule has 0 radical (unpaired) electrons. The standard InChI is InChI=1S/C18H16F6/c1-15(2)11-6-9-14(10-12-15)16(17(19,20)21,18(22,23)24)13-7-4-3-5-8-13/h3-12H,1-2H3. The summed E-state index contributed by atoms with van der Waals surface area (Å²) in [4.78, 5) is 0. The Labute approximate surface area is 136 Å². The molecule has 1 aliphatic rings. The van der Waals surface area contributed by atoms with Crippen LogP contribution in [0.4, 0.5) is 26.3 Å². The Morgan fingerprint density at radius 2 is 1.33 bits per heavy atom. The minimum Gasteiger partial charge on any atom is -0.169 e. The Bertz CT molecular complexity index is 658. The number of hydrogen-bond donors (Lipinski definition) is 0. The van der Waals surface area contributed by atoms with Crippen LogP contribution in [-0.4, -0.2) is 12.4 Å². The van der Waals surface area contributed by atoms with Gasteiger partial charge in [0.25, 0.3) is 0 Å². The summed E-state index contributed by atoms with van der Waals surface area (Å²) in [5, 5.41) is 0. The summed E-state index contributed by atoms with van der Waals surface area (Å²) in [6.07, 6.45) is -5.15. The fourth-order valence-corrected chi connectivity index (χ4v) is 2.74. The predicted octanol–water partition coefficient (Wildman–Crippen LogP) is 6.13. The molecule has 0 atom stereocenters. The molecule has 0 aliphatic heterocycles. The van der Waals surface area contributed by atoms with E-state index in [1.54, 1.807) is 19.9 Å². The topological polar surface area (TPSA) is 0 Å². The van der Waals surface area contributed by atoms with E-state index in [2.05, 4.69) is 0 Å². The SMILES string of the molecule is CC1(C)C=CC=C(C(c2ccccc2)(C(F)(F)F)C(F)(F)F)C=C1. The highest BCUT2D eigenvalue weighted by Crippen LogP contribution is 2.57. The maximum atomic E-state index is 13.8. The molecular weight excluding hydrogens is 330 g/mol. The molecule has 0 nitrogen and oxygen atoms in total. The quantitative estimate of drug-likeness (QED) is 0.565. The molecule has 0 saturated carbocycles. The van der Waals surface area contributed by atoms with E-state index in [9.17, 15) is 26.3 Å². The van der Waals surface area contributed by atoms with Gasteiger partial charge in [-0.1, -0.05) is 74.6 Å². The number of benzene rings is 1. The molecule has 130 valence electrons. The van der Waals surface area contributed by atoms with E-state index in [1.807, 2.05) is 0 Å². The highest BCUT2D eigenvalue weighted by Gasteiger charge is 2.72. The van der Waals surface area contributed by atoms with Crippen LogP contribution in [0, 0.1) is 5.41 Å². The van der Waals surface area contributed by atoms with Gasteiger partial charge in [0.15, 0.2) is 0 Å². The Morgan fingerprint density at radius 1 is 0.792 bits per heavy atom. The van der Waals surface area contributed by atoms with E-state index in [4.69, 9.17) is 0 Å². The van der Waals surface area contributed by atoms with Crippen molar-refractivity contribution < 1.29 is 26.3 Å². The van der Waals surface area contributed by atoms with E-state index in [0.717, 1.165) is 24.3 Å². The lowest BCUT2D eigenvalue weighted by Crippen LogP contribution is -2.55. The first kappa shape index (κ1) is 18.4. The number of alkyl halides is 6. The van der Waals surface area contributed by atoms with Crippen molar-refractivity contribution in [1.29, 1.82) is 0 Å². The van der Waals surface area contributed by atoms with Crippen molar-refractivity contribution in [2.24, 2.45) is 5.41 Å². The first-order valence-corrected chi connectivity index (χ1v) is 7.20. The lowest BCUT2D eigenvalue weighted by molar-refractivity contribution is -0.288. The van der Waals surface area contributed by atoms with Gasteiger partial charge in [0.1, 0.15) is 0 Å². The summed E-state index contributed by atoms with van der Waals surface area (Å²) in [7, 11) is 0. The predicted molar refractivity (Wildman–Crippen MR) is 80.4 cm³/mol. The van der Waals surface area contributed by atoms with Gasteiger partial charge in [-0.15, -0.1) is 0 Å². The van der Waals surface area contributed by atoms with Crippen LogP contribution in [0.15, 0.2) is 66.3 Å². The van der Waals surface area contributed by atoms with E-state index < -0.39 is 34.3 Å². The van der Waals surface area contributed by atoms with Crippen LogP contribution in [0.3, 0.4) is 0 Å². The zero-order valence-electron chi connectivity index (χ0n) is 13.0. The molecule has 0 heterocycles. The molecule has 0 aromatic heterocycles. The average Bonchev–Trinajstić information content (AvgIpc) is 2.59. The first-order valence-electron chi connectivity index (χ1n) is 7.20. The van der Waals surface area contributed by atoms with Crippen molar-refractivity contribution in [1.82, 2.24) is 0 Å². The minimum absolute atomic E-state index is 0.641. The van der Waals surface area contributed by atoms with Crippen LogP contribution in [-0.2, 0) is 5.41 Å². The number of halogens is 6. The minimum atomic E-state index is -5.55. The average molecular weight is 346 g/mol. The van der Waals surface area contributed by atoms with Crippen molar-refractivity contribution in [2.45, 2.75) is 31.6 Å². The summed E-state index contributed by atoms with van der Waals surface area (Å²) in [6.45, 7) is 3.39. The van der Waals surface area contributed by atoms with Gasteiger partial charge in [0.2, 0.25) is 5.41 Å². The summed E-state index contributed by atoms with van der Waals surface area (Å²) < 4.78 is 83.1. The summed E-state index contributed by atoms with van der Waals surface area (Å²) in [5.41, 5.74) is -6.43. The Kier molecular flexibility index (Phi) is 4.46. The number of hydrogen-bond acceptors (Lipinski definition) is 0. The molecule has 0 saturated heterocycles. The molecule has 0 unspecified atom stereocenters. The highest BCUT2D eigenvalue weighted by atomic mass is 19.4. The van der Waals surface area contributed by atoms with Gasteiger partial charge in [0, 0.05) is 5.41 Å². The zero-order chi connectivity index (χ0) is 18.2. The lowest BCUT2D eigenvalue weighted by Gasteiger charge is -2.39. The molecule has 2 rings (SSSR count). The molecular formula is C18H16F6. The van der Waals surface area contributed by atoms with Crippen molar-refractivity contribution >= 4 is 0 Å². The normalized spacial score (nSPS) is 18.2. The zero-order valence-corrected chi connectivity index (χ0v) is 13.0. The third-order valence-corrected chi connectivity index (χ3v) is 3.98. The molecule has 0 fully saturated rings. The van der Waals surface area contributed by atoms with Crippen molar-refractivity contribution in [3.05, 3.63) is 71.8 Å². The van der Waals surface area contributed by atoms with Crippen LogP contribution in [0.5, 0.6) is 0 Å². The monoisotopic (exact) mass is 346 g/mol. The molecule has 1 aromatic carbocycles. The Balaban J connectivity index is 2.82. The van der Waals surface area contributed by atoms with Crippen molar-refractivity contribution in [2.75, 3.05) is 0 Å². The van der Waals surface area contributed by atoms with Gasteiger partial charge >= 0.3 is 12.4 Å². The molecule has 6 heteroatoms. The summed E-state index contributed by atoms with van der Waals surface area (Å²) in [6, 6.07) is 5.43. The van der Waals surface area contributed by atoms with Gasteiger partial charge in [-0.3, -0.25) is 0 Å². The Morgan fingerprint density at radius 3 is 1.83 bits per heavy atom. The second-order valence-electron chi connectivity index (χ2n) is 6.25. The molecule has 0 N–H and O–H groups in total. The summed E-state index contributed by atoms with van der Waals surface area (Å²) in [5.74, 6) is 0. The van der Waals surface area contributed by atoms with E-state index >= 15 is 0 Å². The summed E-state index contributed by atoms with van der Waals surface area (Å²) >= 11 is 0. The Hall–Kier alpha value is -1.98. The molecule has 0 amide bonds. The van der Waals surface area contributed by atoms with E-state index in [1.165, 1.54) is 30.4 Å². The van der Waals surface area contributed by atoms with Gasteiger partial charge in [-0.25, -0.2) is 0 Å². The van der Waals surface area contributed by atoms with Gasteiger partial charge in [0.05, 0.1) is 0 Å². The van der Waals surface area contributed by atoms with Crippen LogP contribution in [0.1, 0.15) is 19.4 Å². The fraction of sp³-hybridized carbons (Fsp3) is 0.333. The molecule has 24 heavy (non-hydrogen) atoms. The fourth-order valence-electron chi connectivity index (χ4n) is 2.74. The van der Waals surface area contributed by atoms with Crippen LogP contribution in [0.2, 0.25) is 0 Å². The third-order valence-electron chi connectivity index (χ3n) is 3.98. The van der Waals surface area contributed by atoms with Gasteiger partial charge in [-0.2, -0.15) is 26.3 Å². The molecule has 1 aliphatic carbocycles. The molecule has 1 aromatic rings. The highest BCUT2D eigenvalue weighted by molar-refractivity contribution is 5.49. The molecule has 0 spiro atoms. The van der Waals surface area contributed by atoms with E-state index in [-0.39, 0.29) is 0 Å². The maximum Gasteiger partial charge on any atom is 0.411 e. The lowest BCUT2D eigenvalue weighted by atomic mass is 9.72. The van der Waals surface area contributed by atoms with Gasteiger partial charge < -0.3 is 0 Å². The largest absolute Gasteiger partial charge is 0.411 e. The molecule has 0 bridgehead atoms.